The van der Waals surface area contributed by atoms with E-state index in [1.165, 1.54) is 0 Å². The molecule has 1 amide bonds. The van der Waals surface area contributed by atoms with Crippen LogP contribution in [0.25, 0.3) is 0 Å². The zero-order valence-electron chi connectivity index (χ0n) is 12.8. The molecule has 0 bridgehead atoms. The van der Waals surface area contributed by atoms with Gasteiger partial charge in [-0.2, -0.15) is 0 Å². The Bertz CT molecular complexity index is 661. The van der Waals surface area contributed by atoms with Crippen molar-refractivity contribution in [3.8, 4) is 11.5 Å². The molecule has 124 valence electrons. The molecular weight excluding hydrogens is 380 g/mol. The highest BCUT2D eigenvalue weighted by Crippen LogP contribution is 2.30. The van der Waals surface area contributed by atoms with Gasteiger partial charge in [-0.05, 0) is 59.2 Å². The molecule has 23 heavy (non-hydrogen) atoms. The van der Waals surface area contributed by atoms with E-state index in [-0.39, 0.29) is 5.91 Å². The summed E-state index contributed by atoms with van der Waals surface area (Å²) in [6, 6.07) is 9.13. The van der Waals surface area contributed by atoms with E-state index in [4.69, 9.17) is 15.2 Å². The first kappa shape index (κ1) is 17.8. The molecule has 0 unspecified atom stereocenters. The molecule has 7 heteroatoms. The number of hydrogen-bond donors (Lipinski definition) is 2. The van der Waals surface area contributed by atoms with Crippen LogP contribution in [0.15, 0.2) is 34.1 Å². The molecule has 1 heterocycles. The SMILES string of the molecule is COc1cc(C(=O)NCCCN)ccc1OCc1ccc(Br)s1. The standard InChI is InChI=1S/C16H19BrN2O3S/c1-21-14-9-11(16(20)19-8-2-7-18)3-5-13(14)22-10-12-4-6-15(17)23-12/h3-6,9H,2,7-8,10,18H2,1H3,(H,19,20). The van der Waals surface area contributed by atoms with Crippen molar-refractivity contribution < 1.29 is 14.3 Å². The Morgan fingerprint density at radius 3 is 2.78 bits per heavy atom. The van der Waals surface area contributed by atoms with Gasteiger partial charge >= 0.3 is 0 Å². The molecule has 0 aliphatic carbocycles. The molecular formula is C16H19BrN2O3S. The quantitative estimate of drug-likeness (QED) is 0.669. The fourth-order valence-electron chi connectivity index (χ4n) is 1.91. The Morgan fingerprint density at radius 2 is 2.13 bits per heavy atom. The first-order valence-corrected chi connectivity index (χ1v) is 8.78. The fourth-order valence-corrected chi connectivity index (χ4v) is 3.31. The van der Waals surface area contributed by atoms with Crippen LogP contribution in [0, 0.1) is 0 Å². The second-order valence-corrected chi connectivity index (χ2v) is 7.31. The van der Waals surface area contributed by atoms with Gasteiger partial charge in [0.25, 0.3) is 5.91 Å². The number of carbonyl (C=O) groups excluding carboxylic acids is 1. The van der Waals surface area contributed by atoms with Crippen molar-refractivity contribution in [1.29, 1.82) is 0 Å². The summed E-state index contributed by atoms with van der Waals surface area (Å²) in [5.41, 5.74) is 5.94. The summed E-state index contributed by atoms with van der Waals surface area (Å²) in [4.78, 5) is 13.1. The van der Waals surface area contributed by atoms with Gasteiger partial charge in [-0.3, -0.25) is 4.79 Å². The smallest absolute Gasteiger partial charge is 0.251 e. The number of nitrogens with one attached hydrogen (secondary N) is 1. The lowest BCUT2D eigenvalue weighted by Crippen LogP contribution is -2.25. The molecule has 1 aromatic heterocycles. The Hall–Kier alpha value is -1.57. The normalized spacial score (nSPS) is 10.4. The van der Waals surface area contributed by atoms with Crippen molar-refractivity contribution in [2.45, 2.75) is 13.0 Å². The van der Waals surface area contributed by atoms with E-state index in [0.29, 0.717) is 36.8 Å². The molecule has 5 nitrogen and oxygen atoms in total. The number of carbonyl (C=O) groups is 1. The summed E-state index contributed by atoms with van der Waals surface area (Å²) in [6.45, 7) is 1.56. The highest BCUT2D eigenvalue weighted by molar-refractivity contribution is 9.11. The monoisotopic (exact) mass is 398 g/mol. The van der Waals surface area contributed by atoms with Gasteiger partial charge < -0.3 is 20.5 Å². The number of thiophene rings is 1. The van der Waals surface area contributed by atoms with E-state index in [0.717, 1.165) is 15.1 Å². The van der Waals surface area contributed by atoms with E-state index in [2.05, 4.69) is 21.2 Å². The third kappa shape index (κ3) is 5.23. The van der Waals surface area contributed by atoms with E-state index >= 15 is 0 Å². The highest BCUT2D eigenvalue weighted by Gasteiger charge is 2.11. The molecule has 1 aromatic carbocycles. The van der Waals surface area contributed by atoms with Gasteiger partial charge in [-0.25, -0.2) is 0 Å². The lowest BCUT2D eigenvalue weighted by molar-refractivity contribution is 0.0953. The summed E-state index contributed by atoms with van der Waals surface area (Å²) in [6.07, 6.45) is 0.750. The van der Waals surface area contributed by atoms with Crippen molar-refractivity contribution in [3.63, 3.8) is 0 Å². The minimum Gasteiger partial charge on any atom is -0.493 e. The largest absolute Gasteiger partial charge is 0.493 e. The number of rotatable bonds is 8. The van der Waals surface area contributed by atoms with Gasteiger partial charge in [0.1, 0.15) is 6.61 Å². The first-order chi connectivity index (χ1) is 11.1. The van der Waals surface area contributed by atoms with Gasteiger partial charge in [0.15, 0.2) is 11.5 Å². The average Bonchev–Trinajstić information content (AvgIpc) is 2.98. The highest BCUT2D eigenvalue weighted by atomic mass is 79.9. The number of amides is 1. The Labute approximate surface area is 147 Å². The summed E-state index contributed by atoms with van der Waals surface area (Å²) in [5.74, 6) is 0.994. The van der Waals surface area contributed by atoms with Crippen LogP contribution in [0.3, 0.4) is 0 Å². The molecule has 0 radical (unpaired) electrons. The minimum atomic E-state index is -0.148. The Kier molecular flexibility index (Phi) is 6.88. The van der Waals surface area contributed by atoms with Crippen molar-refractivity contribution in [1.82, 2.24) is 5.32 Å². The van der Waals surface area contributed by atoms with Crippen LogP contribution in [0.5, 0.6) is 11.5 Å². The molecule has 0 aliphatic heterocycles. The lowest BCUT2D eigenvalue weighted by atomic mass is 10.2. The van der Waals surface area contributed by atoms with Crippen LogP contribution >= 0.6 is 27.3 Å². The predicted octanol–water partition coefficient (Wildman–Crippen LogP) is 3.18. The maximum Gasteiger partial charge on any atom is 0.251 e. The van der Waals surface area contributed by atoms with Crippen LogP contribution in [0.2, 0.25) is 0 Å². The van der Waals surface area contributed by atoms with Gasteiger partial charge in [0, 0.05) is 17.0 Å². The van der Waals surface area contributed by atoms with E-state index in [1.807, 2.05) is 12.1 Å². The fraction of sp³-hybridized carbons (Fsp3) is 0.312. The summed E-state index contributed by atoms with van der Waals surface area (Å²) >= 11 is 5.04. The van der Waals surface area contributed by atoms with Crippen molar-refractivity contribution in [3.05, 3.63) is 44.6 Å². The number of hydrogen-bond acceptors (Lipinski definition) is 5. The number of nitrogens with two attached hydrogens (primary N) is 1. The van der Waals surface area contributed by atoms with Gasteiger partial charge in [0.2, 0.25) is 0 Å². The Morgan fingerprint density at radius 1 is 1.30 bits per heavy atom. The molecule has 2 rings (SSSR count). The van der Waals surface area contributed by atoms with Crippen molar-refractivity contribution >= 4 is 33.2 Å². The number of methoxy groups -OCH3 is 1. The average molecular weight is 399 g/mol. The second-order valence-electron chi connectivity index (χ2n) is 4.76. The zero-order chi connectivity index (χ0) is 16.7. The maximum absolute atomic E-state index is 12.0. The molecule has 2 aromatic rings. The maximum atomic E-state index is 12.0. The van der Waals surface area contributed by atoms with Crippen LogP contribution in [-0.2, 0) is 6.61 Å². The van der Waals surface area contributed by atoms with Crippen LogP contribution < -0.4 is 20.5 Å². The van der Waals surface area contributed by atoms with E-state index in [9.17, 15) is 4.79 Å². The number of benzene rings is 1. The van der Waals surface area contributed by atoms with Crippen LogP contribution in [0.1, 0.15) is 21.7 Å². The number of halogens is 1. The number of ether oxygens (including phenoxy) is 2. The predicted molar refractivity (Wildman–Crippen MR) is 95.3 cm³/mol. The van der Waals surface area contributed by atoms with Gasteiger partial charge in [-0.1, -0.05) is 0 Å². The van der Waals surface area contributed by atoms with E-state index in [1.54, 1.807) is 36.6 Å². The van der Waals surface area contributed by atoms with Gasteiger partial charge in [0.05, 0.1) is 10.9 Å². The van der Waals surface area contributed by atoms with Gasteiger partial charge in [-0.15, -0.1) is 11.3 Å². The van der Waals surface area contributed by atoms with Crippen molar-refractivity contribution in [2.24, 2.45) is 5.73 Å². The topological polar surface area (TPSA) is 73.6 Å². The minimum absolute atomic E-state index is 0.148. The molecule has 0 saturated heterocycles. The van der Waals surface area contributed by atoms with Crippen LogP contribution in [0.4, 0.5) is 0 Å². The molecule has 0 fully saturated rings. The summed E-state index contributed by atoms with van der Waals surface area (Å²) in [7, 11) is 1.56. The van der Waals surface area contributed by atoms with Crippen LogP contribution in [-0.4, -0.2) is 26.1 Å². The molecule has 3 N–H and O–H groups in total. The molecule has 0 saturated carbocycles. The zero-order valence-corrected chi connectivity index (χ0v) is 15.2. The molecule has 0 aliphatic rings. The van der Waals surface area contributed by atoms with E-state index < -0.39 is 0 Å². The molecule has 0 atom stereocenters. The summed E-state index contributed by atoms with van der Waals surface area (Å²) in [5, 5.41) is 2.81. The third-order valence-electron chi connectivity index (χ3n) is 3.09. The molecule has 0 spiro atoms. The Balaban J connectivity index is 2.02. The third-order valence-corrected chi connectivity index (χ3v) is 4.69. The lowest BCUT2D eigenvalue weighted by Gasteiger charge is -2.12. The second kappa shape index (κ2) is 8.90. The first-order valence-electron chi connectivity index (χ1n) is 7.17. The summed E-state index contributed by atoms with van der Waals surface area (Å²) < 4.78 is 12.2. The van der Waals surface area contributed by atoms with Crippen molar-refractivity contribution in [2.75, 3.05) is 20.2 Å².